The van der Waals surface area contributed by atoms with E-state index in [9.17, 15) is 10.1 Å². The van der Waals surface area contributed by atoms with E-state index in [4.69, 9.17) is 9.47 Å². The van der Waals surface area contributed by atoms with Gasteiger partial charge >= 0.3 is 0 Å². The fourth-order valence-corrected chi connectivity index (χ4v) is 4.27. The van der Waals surface area contributed by atoms with E-state index in [1.807, 2.05) is 18.2 Å². The Labute approximate surface area is 163 Å². The van der Waals surface area contributed by atoms with Gasteiger partial charge in [-0.3, -0.25) is 10.1 Å². The van der Waals surface area contributed by atoms with Crippen molar-refractivity contribution >= 4 is 5.69 Å². The monoisotopic (exact) mass is 378 g/mol. The minimum atomic E-state index is -0.371. The molecule has 1 unspecified atom stereocenters. The van der Waals surface area contributed by atoms with Gasteiger partial charge in [0.1, 0.15) is 0 Å². The average Bonchev–Trinajstić information content (AvgIpc) is 3.17. The molecule has 2 heterocycles. The lowest BCUT2D eigenvalue weighted by Crippen LogP contribution is -2.35. The maximum Gasteiger partial charge on any atom is 0.269 e. The first-order valence-electron chi connectivity index (χ1n) is 9.10. The molecule has 28 heavy (non-hydrogen) atoms. The summed E-state index contributed by atoms with van der Waals surface area (Å²) in [6, 6.07) is 15.1. The van der Waals surface area contributed by atoms with Crippen LogP contribution >= 0.6 is 0 Å². The van der Waals surface area contributed by atoms with E-state index in [0.717, 1.165) is 24.3 Å². The fraction of sp³-hybridized carbons (Fsp3) is 0.273. The molecule has 1 aromatic heterocycles. The van der Waals surface area contributed by atoms with Crippen molar-refractivity contribution < 1.29 is 14.4 Å². The van der Waals surface area contributed by atoms with Gasteiger partial charge in [0.2, 0.25) is 0 Å². The summed E-state index contributed by atoms with van der Waals surface area (Å²) in [5, 5.41) is 11.0. The van der Waals surface area contributed by atoms with Crippen LogP contribution in [0.4, 0.5) is 5.69 Å². The molecule has 0 N–H and O–H groups in total. The number of nitrogens with zero attached hydrogens (tertiary/aromatic N) is 2. The third kappa shape index (κ3) is 2.81. The summed E-state index contributed by atoms with van der Waals surface area (Å²) in [6.45, 7) is 2.98. The highest BCUT2D eigenvalue weighted by atomic mass is 16.6. The van der Waals surface area contributed by atoms with Gasteiger partial charge in [-0.25, -0.2) is 0 Å². The molecule has 0 saturated heterocycles. The first kappa shape index (κ1) is 18.1. The highest BCUT2D eigenvalue weighted by molar-refractivity contribution is 5.55. The second-order valence-electron chi connectivity index (χ2n) is 7.32. The second-order valence-corrected chi connectivity index (χ2v) is 7.32. The maximum absolute atomic E-state index is 11.0. The van der Waals surface area contributed by atoms with E-state index in [-0.39, 0.29) is 16.0 Å². The molecule has 2 aromatic carbocycles. The van der Waals surface area contributed by atoms with Gasteiger partial charge in [0.15, 0.2) is 11.5 Å². The Morgan fingerprint density at radius 1 is 1.11 bits per heavy atom. The van der Waals surface area contributed by atoms with Crippen LogP contribution in [0, 0.1) is 10.1 Å². The molecule has 1 aliphatic rings. The standard InChI is InChI=1S/C22H22N2O4/c1-22(13-15-6-8-17(9-7-15)24(25)26)18-12-20(28-3)19(27-2)11-16(18)14-23-10-4-5-21(22)23/h4-12H,13-14H2,1-3H3. The minimum Gasteiger partial charge on any atom is -0.493 e. The van der Waals surface area contributed by atoms with Crippen LogP contribution in [0.15, 0.2) is 54.7 Å². The summed E-state index contributed by atoms with van der Waals surface area (Å²) in [6.07, 6.45) is 2.81. The number of benzene rings is 2. The van der Waals surface area contributed by atoms with Gasteiger partial charge < -0.3 is 14.0 Å². The third-order valence-electron chi connectivity index (χ3n) is 5.64. The Morgan fingerprint density at radius 2 is 1.79 bits per heavy atom. The van der Waals surface area contributed by atoms with Gasteiger partial charge in [0.25, 0.3) is 5.69 Å². The zero-order chi connectivity index (χ0) is 19.9. The van der Waals surface area contributed by atoms with Gasteiger partial charge in [-0.2, -0.15) is 0 Å². The van der Waals surface area contributed by atoms with Crippen molar-refractivity contribution in [2.45, 2.75) is 25.3 Å². The number of ether oxygens (including phenoxy) is 2. The summed E-state index contributed by atoms with van der Waals surface area (Å²) in [4.78, 5) is 10.6. The molecule has 6 nitrogen and oxygen atoms in total. The van der Waals surface area contributed by atoms with Gasteiger partial charge in [0, 0.05) is 36.0 Å². The maximum atomic E-state index is 11.0. The lowest BCUT2D eigenvalue weighted by Gasteiger charge is -2.38. The van der Waals surface area contributed by atoms with Crippen molar-refractivity contribution in [1.29, 1.82) is 0 Å². The largest absolute Gasteiger partial charge is 0.493 e. The Morgan fingerprint density at radius 3 is 2.43 bits per heavy atom. The number of nitro benzene ring substituents is 1. The Bertz CT molecular complexity index is 1040. The molecule has 0 radical (unpaired) electrons. The van der Waals surface area contributed by atoms with Crippen LogP contribution in [-0.2, 0) is 18.4 Å². The van der Waals surface area contributed by atoms with E-state index in [0.29, 0.717) is 5.75 Å². The van der Waals surface area contributed by atoms with E-state index >= 15 is 0 Å². The zero-order valence-electron chi connectivity index (χ0n) is 16.1. The van der Waals surface area contributed by atoms with E-state index in [2.05, 4.69) is 35.9 Å². The lowest BCUT2D eigenvalue weighted by molar-refractivity contribution is -0.384. The molecule has 0 amide bonds. The molecule has 0 fully saturated rings. The van der Waals surface area contributed by atoms with Crippen molar-refractivity contribution in [2.24, 2.45) is 0 Å². The highest BCUT2D eigenvalue weighted by Gasteiger charge is 2.38. The molecule has 0 bridgehead atoms. The first-order chi connectivity index (χ1) is 13.5. The van der Waals surface area contributed by atoms with E-state index in [1.165, 1.54) is 16.8 Å². The summed E-state index contributed by atoms with van der Waals surface area (Å²) in [5.74, 6) is 1.42. The molecule has 1 aliphatic heterocycles. The molecule has 3 aromatic rings. The number of hydrogen-bond acceptors (Lipinski definition) is 4. The van der Waals surface area contributed by atoms with Crippen LogP contribution in [0.1, 0.15) is 29.3 Å². The van der Waals surface area contributed by atoms with Crippen molar-refractivity contribution in [2.75, 3.05) is 14.2 Å². The van der Waals surface area contributed by atoms with Crippen LogP contribution in [0.3, 0.4) is 0 Å². The molecule has 1 atom stereocenters. The number of methoxy groups -OCH3 is 2. The number of hydrogen-bond donors (Lipinski definition) is 0. The lowest BCUT2D eigenvalue weighted by atomic mass is 9.71. The Hall–Kier alpha value is -3.28. The smallest absolute Gasteiger partial charge is 0.269 e. The highest BCUT2D eigenvalue weighted by Crippen LogP contribution is 2.45. The predicted octanol–water partition coefficient (Wildman–Crippen LogP) is 4.32. The average molecular weight is 378 g/mol. The van der Waals surface area contributed by atoms with Gasteiger partial charge in [-0.1, -0.05) is 12.1 Å². The van der Waals surface area contributed by atoms with Gasteiger partial charge in [0.05, 0.1) is 19.1 Å². The summed E-state index contributed by atoms with van der Waals surface area (Å²) < 4.78 is 13.3. The van der Waals surface area contributed by atoms with E-state index < -0.39 is 0 Å². The SMILES string of the molecule is COc1cc2c(cc1OC)C(C)(Cc1ccc([N+](=O)[O-])cc1)c1cccn1C2. The van der Waals surface area contributed by atoms with Crippen molar-refractivity contribution in [1.82, 2.24) is 4.57 Å². The van der Waals surface area contributed by atoms with Crippen LogP contribution in [0.5, 0.6) is 11.5 Å². The van der Waals surface area contributed by atoms with Crippen LogP contribution in [0.25, 0.3) is 0 Å². The number of nitro groups is 1. The molecule has 6 heteroatoms. The number of fused-ring (bicyclic) bond motifs is 2. The molecule has 0 saturated carbocycles. The number of rotatable bonds is 5. The molecule has 144 valence electrons. The Kier molecular flexibility index (Phi) is 4.34. The van der Waals surface area contributed by atoms with Crippen LogP contribution in [-0.4, -0.2) is 23.7 Å². The minimum absolute atomic E-state index is 0.104. The van der Waals surface area contributed by atoms with E-state index in [1.54, 1.807) is 26.4 Å². The number of non-ortho nitro benzene ring substituents is 1. The summed E-state index contributed by atoms with van der Waals surface area (Å²) in [5.41, 5.74) is 4.44. The normalized spacial score (nSPS) is 17.5. The Balaban J connectivity index is 1.83. The topological polar surface area (TPSA) is 66.5 Å². The molecular weight excluding hydrogens is 356 g/mol. The molecule has 4 rings (SSSR count). The molecular formula is C22H22N2O4. The predicted molar refractivity (Wildman–Crippen MR) is 106 cm³/mol. The van der Waals surface area contributed by atoms with Crippen molar-refractivity contribution in [3.63, 3.8) is 0 Å². The quantitative estimate of drug-likeness (QED) is 0.490. The van der Waals surface area contributed by atoms with Gasteiger partial charge in [-0.05, 0) is 54.3 Å². The number of aromatic nitrogens is 1. The van der Waals surface area contributed by atoms with Gasteiger partial charge in [-0.15, -0.1) is 0 Å². The summed E-state index contributed by atoms with van der Waals surface area (Å²) >= 11 is 0. The summed E-state index contributed by atoms with van der Waals surface area (Å²) in [7, 11) is 3.29. The second kappa shape index (κ2) is 6.71. The fourth-order valence-electron chi connectivity index (χ4n) is 4.27. The zero-order valence-corrected chi connectivity index (χ0v) is 16.1. The van der Waals surface area contributed by atoms with Crippen LogP contribution < -0.4 is 9.47 Å². The third-order valence-corrected chi connectivity index (χ3v) is 5.64. The first-order valence-corrected chi connectivity index (χ1v) is 9.10. The molecule has 0 aliphatic carbocycles. The molecule has 0 spiro atoms. The van der Waals surface area contributed by atoms with Crippen LogP contribution in [0.2, 0.25) is 0 Å². The van der Waals surface area contributed by atoms with Crippen molar-refractivity contribution in [3.05, 3.63) is 87.2 Å². The van der Waals surface area contributed by atoms with Crippen molar-refractivity contribution in [3.8, 4) is 11.5 Å².